The molecular weight excluding hydrogens is 362 g/mol. The topological polar surface area (TPSA) is 53.9 Å². The summed E-state index contributed by atoms with van der Waals surface area (Å²) in [7, 11) is 0. The number of piperazine rings is 1. The van der Waals surface area contributed by atoms with Gasteiger partial charge in [0.25, 0.3) is 5.91 Å². The molecule has 1 amide bonds. The highest BCUT2D eigenvalue weighted by Crippen LogP contribution is 2.24. The molecule has 1 saturated heterocycles. The van der Waals surface area contributed by atoms with Gasteiger partial charge in [0.1, 0.15) is 0 Å². The monoisotopic (exact) mass is 386 g/mol. The van der Waals surface area contributed by atoms with Crippen LogP contribution in [0, 0.1) is 6.92 Å². The van der Waals surface area contributed by atoms with Crippen molar-refractivity contribution in [2.24, 2.45) is 0 Å². The quantitative estimate of drug-likeness (QED) is 0.774. The van der Waals surface area contributed by atoms with Gasteiger partial charge in [0.05, 0.1) is 26.2 Å². The van der Waals surface area contributed by atoms with E-state index < -0.39 is 0 Å². The lowest BCUT2D eigenvalue weighted by atomic mass is 10.1. The van der Waals surface area contributed by atoms with Crippen molar-refractivity contribution in [3.05, 3.63) is 58.6 Å². The number of amides is 1. The second kappa shape index (κ2) is 8.55. The van der Waals surface area contributed by atoms with Gasteiger partial charge in [0.15, 0.2) is 12.3 Å². The van der Waals surface area contributed by atoms with Crippen LogP contribution in [0.25, 0.3) is 0 Å². The van der Waals surface area contributed by atoms with Crippen LogP contribution in [0.2, 0.25) is 5.02 Å². The molecular formula is C21H25ClN3O2+. The first-order valence-electron chi connectivity index (χ1n) is 9.18. The van der Waals surface area contributed by atoms with Crippen molar-refractivity contribution in [3.63, 3.8) is 0 Å². The number of Topliss-reactive ketones (excluding diaryl/α,β-unsaturated/α-hetero) is 1. The Kier molecular flexibility index (Phi) is 6.14. The molecule has 27 heavy (non-hydrogen) atoms. The molecule has 2 aromatic rings. The predicted octanol–water partition coefficient (Wildman–Crippen LogP) is 2.19. The van der Waals surface area contributed by atoms with Crippen LogP contribution in [0.3, 0.4) is 0 Å². The van der Waals surface area contributed by atoms with Crippen molar-refractivity contribution in [2.45, 2.75) is 13.8 Å². The fourth-order valence-electron chi connectivity index (χ4n) is 3.41. The van der Waals surface area contributed by atoms with Gasteiger partial charge in [0.2, 0.25) is 0 Å². The highest BCUT2D eigenvalue weighted by atomic mass is 35.5. The Bertz CT molecular complexity index is 845. The molecule has 1 heterocycles. The van der Waals surface area contributed by atoms with Crippen LogP contribution < -0.4 is 15.1 Å². The summed E-state index contributed by atoms with van der Waals surface area (Å²) >= 11 is 6.14. The Morgan fingerprint density at radius 1 is 1.15 bits per heavy atom. The highest BCUT2D eigenvalue weighted by molar-refractivity contribution is 6.30. The third-order valence-electron chi connectivity index (χ3n) is 4.95. The summed E-state index contributed by atoms with van der Waals surface area (Å²) in [5.74, 6) is -0.0396. The standard InChI is InChI=1S/C21H24ClN3O2/c1-15-6-7-18(22)13-20(15)25-10-8-24(9-11-25)14-21(27)23-19-5-3-4-17(12-19)16(2)26/h3-7,12-13H,8-11,14H2,1-2H3,(H,23,27)/p+1. The summed E-state index contributed by atoms with van der Waals surface area (Å²) in [5, 5.41) is 3.65. The van der Waals surface area contributed by atoms with Gasteiger partial charge in [-0.15, -0.1) is 0 Å². The second-order valence-corrected chi connectivity index (χ2v) is 7.47. The zero-order chi connectivity index (χ0) is 19.4. The van der Waals surface area contributed by atoms with E-state index in [4.69, 9.17) is 11.6 Å². The van der Waals surface area contributed by atoms with Crippen molar-refractivity contribution >= 4 is 34.7 Å². The molecule has 0 spiro atoms. The maximum atomic E-state index is 12.4. The molecule has 0 aromatic heterocycles. The lowest BCUT2D eigenvalue weighted by Crippen LogP contribution is -3.15. The van der Waals surface area contributed by atoms with Crippen LogP contribution in [0.15, 0.2) is 42.5 Å². The van der Waals surface area contributed by atoms with Gasteiger partial charge in [-0.3, -0.25) is 9.59 Å². The summed E-state index contributed by atoms with van der Waals surface area (Å²) < 4.78 is 0. The number of ketones is 1. The third kappa shape index (κ3) is 5.08. The number of anilines is 2. The minimum absolute atomic E-state index is 0.0100. The van der Waals surface area contributed by atoms with E-state index >= 15 is 0 Å². The van der Waals surface area contributed by atoms with Crippen LogP contribution >= 0.6 is 11.6 Å². The molecule has 1 aliphatic rings. The largest absolute Gasteiger partial charge is 0.360 e. The molecule has 1 fully saturated rings. The molecule has 0 saturated carbocycles. The van der Waals surface area contributed by atoms with E-state index in [0.29, 0.717) is 17.8 Å². The van der Waals surface area contributed by atoms with E-state index in [1.165, 1.54) is 23.1 Å². The molecule has 0 atom stereocenters. The number of aryl methyl sites for hydroxylation is 1. The highest BCUT2D eigenvalue weighted by Gasteiger charge is 2.23. The Morgan fingerprint density at radius 2 is 1.89 bits per heavy atom. The molecule has 0 radical (unpaired) electrons. The molecule has 0 aliphatic carbocycles. The van der Waals surface area contributed by atoms with Gasteiger partial charge in [-0.25, -0.2) is 0 Å². The fourth-order valence-corrected chi connectivity index (χ4v) is 3.58. The number of rotatable bonds is 5. The summed E-state index contributed by atoms with van der Waals surface area (Å²) in [4.78, 5) is 27.4. The summed E-state index contributed by atoms with van der Waals surface area (Å²) in [5.41, 5.74) is 3.66. The Labute approximate surface area is 164 Å². The summed E-state index contributed by atoms with van der Waals surface area (Å²) in [6.07, 6.45) is 0. The van der Waals surface area contributed by atoms with Crippen molar-refractivity contribution in [2.75, 3.05) is 42.9 Å². The van der Waals surface area contributed by atoms with Crippen LogP contribution in [0.4, 0.5) is 11.4 Å². The molecule has 3 rings (SSSR count). The van der Waals surface area contributed by atoms with Gasteiger partial charge >= 0.3 is 0 Å². The van der Waals surface area contributed by atoms with E-state index in [0.717, 1.165) is 31.2 Å². The van der Waals surface area contributed by atoms with Gasteiger partial charge in [0, 0.05) is 22.0 Å². The molecule has 5 nitrogen and oxygen atoms in total. The lowest BCUT2D eigenvalue weighted by Gasteiger charge is -2.34. The number of halogens is 1. The third-order valence-corrected chi connectivity index (χ3v) is 5.18. The van der Waals surface area contributed by atoms with E-state index in [9.17, 15) is 9.59 Å². The smallest absolute Gasteiger partial charge is 0.279 e. The predicted molar refractivity (Wildman–Crippen MR) is 109 cm³/mol. The Morgan fingerprint density at radius 3 is 2.59 bits per heavy atom. The van der Waals surface area contributed by atoms with Crippen LogP contribution in [-0.2, 0) is 4.79 Å². The molecule has 0 bridgehead atoms. The average Bonchev–Trinajstić information content (AvgIpc) is 2.64. The van der Waals surface area contributed by atoms with E-state index in [1.807, 2.05) is 18.2 Å². The molecule has 142 valence electrons. The van der Waals surface area contributed by atoms with Gasteiger partial charge in [-0.2, -0.15) is 0 Å². The Hall–Kier alpha value is -2.37. The van der Waals surface area contributed by atoms with E-state index in [-0.39, 0.29) is 11.7 Å². The number of carbonyl (C=O) groups is 2. The van der Waals surface area contributed by atoms with Gasteiger partial charge < -0.3 is 15.1 Å². The maximum absolute atomic E-state index is 12.4. The molecule has 1 aliphatic heterocycles. The first kappa shape index (κ1) is 19.4. The number of quaternary nitrogens is 1. The molecule has 2 N–H and O–H groups in total. The van der Waals surface area contributed by atoms with Gasteiger partial charge in [-0.05, 0) is 43.7 Å². The van der Waals surface area contributed by atoms with Crippen molar-refractivity contribution in [1.29, 1.82) is 0 Å². The summed E-state index contributed by atoms with van der Waals surface area (Å²) in [6, 6.07) is 13.0. The van der Waals surface area contributed by atoms with Crippen LogP contribution in [0.1, 0.15) is 22.8 Å². The number of carbonyl (C=O) groups excluding carboxylic acids is 2. The van der Waals surface area contributed by atoms with Crippen molar-refractivity contribution in [3.8, 4) is 0 Å². The Balaban J connectivity index is 1.53. The summed E-state index contributed by atoms with van der Waals surface area (Å²) in [6.45, 7) is 7.61. The maximum Gasteiger partial charge on any atom is 0.279 e. The van der Waals surface area contributed by atoms with Crippen LogP contribution in [-0.4, -0.2) is 44.4 Å². The zero-order valence-corrected chi connectivity index (χ0v) is 16.5. The molecule has 6 heteroatoms. The normalized spacial score (nSPS) is 14.9. The second-order valence-electron chi connectivity index (χ2n) is 7.03. The van der Waals surface area contributed by atoms with Crippen molar-refractivity contribution < 1.29 is 14.5 Å². The number of benzene rings is 2. The SMILES string of the molecule is CC(=O)c1cccc(NC(=O)C[NH+]2CCN(c3cc(Cl)ccc3C)CC2)c1. The minimum atomic E-state index is -0.0295. The van der Waals surface area contributed by atoms with Gasteiger partial charge in [-0.1, -0.05) is 29.8 Å². The van der Waals surface area contributed by atoms with E-state index in [1.54, 1.807) is 24.3 Å². The number of hydrogen-bond donors (Lipinski definition) is 2. The molecule has 0 unspecified atom stereocenters. The number of hydrogen-bond acceptors (Lipinski definition) is 3. The zero-order valence-electron chi connectivity index (χ0n) is 15.7. The lowest BCUT2D eigenvalue weighted by molar-refractivity contribution is -0.892. The fraction of sp³-hybridized carbons (Fsp3) is 0.333. The number of nitrogens with one attached hydrogen (secondary N) is 2. The van der Waals surface area contributed by atoms with Crippen LogP contribution in [0.5, 0.6) is 0 Å². The first-order valence-corrected chi connectivity index (χ1v) is 9.55. The molecule has 2 aromatic carbocycles. The number of nitrogens with zero attached hydrogens (tertiary/aromatic N) is 1. The van der Waals surface area contributed by atoms with Crippen molar-refractivity contribution in [1.82, 2.24) is 0 Å². The average molecular weight is 387 g/mol. The van der Waals surface area contributed by atoms with E-state index in [2.05, 4.69) is 17.1 Å². The first-order chi connectivity index (χ1) is 12.9. The minimum Gasteiger partial charge on any atom is -0.360 e.